The van der Waals surface area contributed by atoms with Crippen molar-refractivity contribution >= 4 is 22.5 Å². The Kier molecular flexibility index (Phi) is 3.41. The van der Waals surface area contributed by atoms with Crippen LogP contribution in [0.1, 0.15) is 13.8 Å². The van der Waals surface area contributed by atoms with Gasteiger partial charge in [0.05, 0.1) is 13.1 Å². The summed E-state index contributed by atoms with van der Waals surface area (Å²) in [4.78, 5) is 28.0. The van der Waals surface area contributed by atoms with Gasteiger partial charge in [0.1, 0.15) is 5.60 Å². The molecule has 2 aromatic rings. The number of aromatic nitrogens is 1. The number of amides is 2. The molecule has 1 aromatic carbocycles. The Labute approximate surface area is 127 Å². The molecule has 1 aromatic heterocycles. The van der Waals surface area contributed by atoms with Gasteiger partial charge in [-0.2, -0.15) is 0 Å². The Morgan fingerprint density at radius 2 is 2.09 bits per heavy atom. The molecule has 0 aliphatic carbocycles. The number of hydrogen-bond donors (Lipinski definition) is 3. The molecule has 6 heteroatoms. The normalized spacial score (nSPS) is 16.6. The summed E-state index contributed by atoms with van der Waals surface area (Å²) >= 11 is 0. The highest BCUT2D eigenvalue weighted by Gasteiger charge is 2.45. The molecule has 1 fully saturated rings. The van der Waals surface area contributed by atoms with Crippen molar-refractivity contribution in [1.82, 2.24) is 9.88 Å². The third-order valence-corrected chi connectivity index (χ3v) is 4.32. The Morgan fingerprint density at radius 3 is 2.77 bits per heavy atom. The van der Waals surface area contributed by atoms with Crippen molar-refractivity contribution < 1.29 is 9.90 Å². The second-order valence-corrected chi connectivity index (χ2v) is 6.15. The number of H-pyrrole nitrogens is 1. The lowest BCUT2D eigenvalue weighted by Crippen LogP contribution is -2.66. The predicted octanol–water partition coefficient (Wildman–Crippen LogP) is 1.76. The molecule has 1 aliphatic heterocycles. The number of carbonyl (C=O) groups is 1. The first-order chi connectivity index (χ1) is 10.4. The van der Waals surface area contributed by atoms with Crippen LogP contribution < -0.4 is 10.9 Å². The molecule has 1 saturated heterocycles. The number of likely N-dealkylation sites (tertiary alicyclic amines) is 1. The molecule has 6 nitrogen and oxygen atoms in total. The monoisotopic (exact) mass is 301 g/mol. The number of benzene rings is 1. The SMILES string of the molecule is CC(C)C1(O)CN(C(=O)Nc2ccc3c(=O)[nH]ccc3c2)C1. The summed E-state index contributed by atoms with van der Waals surface area (Å²) in [5, 5.41) is 14.3. The van der Waals surface area contributed by atoms with E-state index in [-0.39, 0.29) is 17.5 Å². The molecule has 0 bridgehead atoms. The fourth-order valence-corrected chi connectivity index (χ4v) is 2.60. The standard InChI is InChI=1S/C16H19N3O3/c1-10(2)16(22)8-19(9-16)15(21)18-12-3-4-13-11(7-12)5-6-17-14(13)20/h3-7,10,22H,8-9H2,1-2H3,(H,17,20)(H,18,21). The van der Waals surface area contributed by atoms with E-state index in [0.29, 0.717) is 24.2 Å². The fourth-order valence-electron chi connectivity index (χ4n) is 2.60. The van der Waals surface area contributed by atoms with Crippen molar-refractivity contribution in [2.45, 2.75) is 19.4 Å². The lowest BCUT2D eigenvalue weighted by atomic mass is 9.83. The minimum Gasteiger partial charge on any atom is -0.386 e. The Hall–Kier alpha value is -2.34. The summed E-state index contributed by atoms with van der Waals surface area (Å²) in [5.41, 5.74) is -0.309. The smallest absolute Gasteiger partial charge is 0.322 e. The van der Waals surface area contributed by atoms with Gasteiger partial charge in [0, 0.05) is 17.3 Å². The van der Waals surface area contributed by atoms with Crippen molar-refractivity contribution in [3.63, 3.8) is 0 Å². The number of β-amino-alcohol motifs (C(OH)–C–C–N with tert-alkyl or cyclic N) is 1. The van der Waals surface area contributed by atoms with Gasteiger partial charge in [0.2, 0.25) is 0 Å². The topological polar surface area (TPSA) is 85.4 Å². The van der Waals surface area contributed by atoms with Gasteiger partial charge in [-0.15, -0.1) is 0 Å². The van der Waals surface area contributed by atoms with Crippen molar-refractivity contribution in [2.75, 3.05) is 18.4 Å². The number of aromatic amines is 1. The number of urea groups is 1. The number of pyridine rings is 1. The zero-order chi connectivity index (χ0) is 15.9. The van der Waals surface area contributed by atoms with Crippen LogP contribution in [-0.2, 0) is 0 Å². The van der Waals surface area contributed by atoms with Gasteiger partial charge in [0.15, 0.2) is 0 Å². The molecule has 0 radical (unpaired) electrons. The maximum absolute atomic E-state index is 12.1. The van der Waals surface area contributed by atoms with Crippen molar-refractivity contribution in [2.24, 2.45) is 5.92 Å². The summed E-state index contributed by atoms with van der Waals surface area (Å²) in [6.45, 7) is 4.56. The Morgan fingerprint density at radius 1 is 1.36 bits per heavy atom. The van der Waals surface area contributed by atoms with Crippen LogP contribution in [0.2, 0.25) is 0 Å². The molecule has 116 valence electrons. The summed E-state index contributed by atoms with van der Waals surface area (Å²) < 4.78 is 0. The molecular weight excluding hydrogens is 282 g/mol. The van der Waals surface area contributed by atoms with Crippen LogP contribution >= 0.6 is 0 Å². The average Bonchev–Trinajstić information content (AvgIpc) is 2.43. The lowest BCUT2D eigenvalue weighted by molar-refractivity contribution is -0.105. The summed E-state index contributed by atoms with van der Waals surface area (Å²) in [7, 11) is 0. The molecule has 0 spiro atoms. The van der Waals surface area contributed by atoms with Gasteiger partial charge in [0.25, 0.3) is 5.56 Å². The number of anilines is 1. The summed E-state index contributed by atoms with van der Waals surface area (Å²) in [6, 6.07) is 6.69. The number of hydrogen-bond acceptors (Lipinski definition) is 3. The zero-order valence-electron chi connectivity index (χ0n) is 12.6. The lowest BCUT2D eigenvalue weighted by Gasteiger charge is -2.48. The molecular formula is C16H19N3O3. The van der Waals surface area contributed by atoms with Crippen LogP contribution in [0.15, 0.2) is 35.3 Å². The van der Waals surface area contributed by atoms with E-state index in [2.05, 4.69) is 10.3 Å². The minimum atomic E-state index is -0.784. The molecule has 0 atom stereocenters. The average molecular weight is 301 g/mol. The fraction of sp³-hybridized carbons (Fsp3) is 0.375. The van der Waals surface area contributed by atoms with E-state index in [0.717, 1.165) is 5.39 Å². The predicted molar refractivity (Wildman–Crippen MR) is 84.9 cm³/mol. The highest BCUT2D eigenvalue weighted by molar-refractivity contribution is 5.93. The highest BCUT2D eigenvalue weighted by Crippen LogP contribution is 2.29. The quantitative estimate of drug-likeness (QED) is 0.790. The van der Waals surface area contributed by atoms with Crippen molar-refractivity contribution in [3.05, 3.63) is 40.8 Å². The molecule has 0 saturated carbocycles. The second-order valence-electron chi connectivity index (χ2n) is 6.15. The summed E-state index contributed by atoms with van der Waals surface area (Å²) in [6.07, 6.45) is 1.58. The molecule has 3 rings (SSSR count). The first kappa shape index (κ1) is 14.6. The van der Waals surface area contributed by atoms with Crippen molar-refractivity contribution in [3.8, 4) is 0 Å². The van der Waals surface area contributed by atoms with E-state index in [1.54, 1.807) is 35.4 Å². The molecule has 1 aliphatic rings. The van der Waals surface area contributed by atoms with E-state index in [1.165, 1.54) is 0 Å². The van der Waals surface area contributed by atoms with E-state index >= 15 is 0 Å². The van der Waals surface area contributed by atoms with Crippen LogP contribution in [-0.4, -0.2) is 39.7 Å². The van der Waals surface area contributed by atoms with Gasteiger partial charge in [-0.3, -0.25) is 4.79 Å². The number of carbonyl (C=O) groups excluding carboxylic acids is 1. The number of fused-ring (bicyclic) bond motifs is 1. The molecule has 22 heavy (non-hydrogen) atoms. The van der Waals surface area contributed by atoms with Gasteiger partial charge >= 0.3 is 6.03 Å². The maximum Gasteiger partial charge on any atom is 0.322 e. The molecule has 2 heterocycles. The summed E-state index contributed by atoms with van der Waals surface area (Å²) in [5.74, 6) is 0.115. The third kappa shape index (κ3) is 2.46. The molecule has 0 unspecified atom stereocenters. The Bertz CT molecular complexity index is 776. The Balaban J connectivity index is 1.72. The van der Waals surface area contributed by atoms with E-state index in [9.17, 15) is 14.7 Å². The van der Waals surface area contributed by atoms with Crippen LogP contribution in [0, 0.1) is 5.92 Å². The largest absolute Gasteiger partial charge is 0.386 e. The van der Waals surface area contributed by atoms with Crippen molar-refractivity contribution in [1.29, 1.82) is 0 Å². The zero-order valence-corrected chi connectivity index (χ0v) is 12.6. The minimum absolute atomic E-state index is 0.115. The van der Waals surface area contributed by atoms with Gasteiger partial charge in [-0.05, 0) is 35.6 Å². The number of nitrogens with zero attached hydrogens (tertiary/aromatic N) is 1. The van der Waals surface area contributed by atoms with E-state index in [4.69, 9.17) is 0 Å². The van der Waals surface area contributed by atoms with Crippen LogP contribution in [0.4, 0.5) is 10.5 Å². The van der Waals surface area contributed by atoms with Gasteiger partial charge in [-0.25, -0.2) is 4.79 Å². The van der Waals surface area contributed by atoms with Gasteiger partial charge < -0.3 is 20.3 Å². The van der Waals surface area contributed by atoms with Crippen LogP contribution in [0.3, 0.4) is 0 Å². The highest BCUT2D eigenvalue weighted by atomic mass is 16.3. The first-order valence-corrected chi connectivity index (χ1v) is 7.29. The second kappa shape index (κ2) is 5.14. The van der Waals surface area contributed by atoms with Crippen LogP contribution in [0.25, 0.3) is 10.8 Å². The van der Waals surface area contributed by atoms with Gasteiger partial charge in [-0.1, -0.05) is 13.8 Å². The van der Waals surface area contributed by atoms with E-state index < -0.39 is 5.60 Å². The van der Waals surface area contributed by atoms with E-state index in [1.807, 2.05) is 13.8 Å². The molecule has 2 amide bonds. The molecule has 3 N–H and O–H groups in total. The maximum atomic E-state index is 12.1. The third-order valence-electron chi connectivity index (χ3n) is 4.32. The number of nitrogens with one attached hydrogen (secondary N) is 2. The van der Waals surface area contributed by atoms with Crippen LogP contribution in [0.5, 0.6) is 0 Å². The number of aliphatic hydroxyl groups is 1. The first-order valence-electron chi connectivity index (χ1n) is 7.29. The number of rotatable bonds is 2.